The van der Waals surface area contributed by atoms with E-state index in [4.69, 9.17) is 0 Å². The van der Waals surface area contributed by atoms with E-state index in [9.17, 15) is 4.79 Å². The molecule has 1 amide bonds. The minimum Gasteiger partial charge on any atom is -0.349 e. The van der Waals surface area contributed by atoms with Crippen molar-refractivity contribution in [1.29, 1.82) is 0 Å². The van der Waals surface area contributed by atoms with Crippen LogP contribution >= 0.6 is 0 Å². The summed E-state index contributed by atoms with van der Waals surface area (Å²) in [6.07, 6.45) is 3.67. The number of nitrogens with one attached hydrogen (secondary N) is 1. The average molecular weight is 229 g/mol. The molecule has 0 atom stereocenters. The van der Waals surface area contributed by atoms with Gasteiger partial charge in [0.05, 0.1) is 6.54 Å². The molecular formula is C13H15N3O. The molecule has 0 saturated carbocycles. The third-order valence-electron chi connectivity index (χ3n) is 2.49. The van der Waals surface area contributed by atoms with Gasteiger partial charge in [0.1, 0.15) is 5.82 Å². The first kappa shape index (κ1) is 11.4. The SMILES string of the molecule is CC(=O)NCc1nccn1Cc1ccccc1. The lowest BCUT2D eigenvalue weighted by molar-refractivity contribution is -0.119. The Morgan fingerprint density at radius 3 is 2.82 bits per heavy atom. The Morgan fingerprint density at radius 2 is 2.12 bits per heavy atom. The monoisotopic (exact) mass is 229 g/mol. The molecule has 1 aromatic carbocycles. The molecule has 0 aliphatic carbocycles. The highest BCUT2D eigenvalue weighted by Gasteiger charge is 2.03. The average Bonchev–Trinajstić information content (AvgIpc) is 2.75. The molecule has 88 valence electrons. The van der Waals surface area contributed by atoms with Gasteiger partial charge in [-0.1, -0.05) is 30.3 Å². The van der Waals surface area contributed by atoms with E-state index in [0.29, 0.717) is 6.54 Å². The largest absolute Gasteiger partial charge is 0.349 e. The van der Waals surface area contributed by atoms with Gasteiger partial charge in [0.2, 0.25) is 5.91 Å². The molecule has 0 saturated heterocycles. The van der Waals surface area contributed by atoms with E-state index in [1.54, 1.807) is 6.20 Å². The van der Waals surface area contributed by atoms with Crippen molar-refractivity contribution in [2.24, 2.45) is 0 Å². The second kappa shape index (κ2) is 5.30. The molecule has 0 fully saturated rings. The predicted molar refractivity (Wildman–Crippen MR) is 65.3 cm³/mol. The fourth-order valence-corrected chi connectivity index (χ4v) is 1.63. The highest BCUT2D eigenvalue weighted by molar-refractivity contribution is 5.72. The number of carbonyl (C=O) groups excluding carboxylic acids is 1. The van der Waals surface area contributed by atoms with Crippen LogP contribution in [0.5, 0.6) is 0 Å². The van der Waals surface area contributed by atoms with Crippen LogP contribution in [0, 0.1) is 0 Å². The van der Waals surface area contributed by atoms with Crippen LogP contribution in [-0.2, 0) is 17.9 Å². The molecule has 0 unspecified atom stereocenters. The highest BCUT2D eigenvalue weighted by atomic mass is 16.1. The third kappa shape index (κ3) is 3.17. The maximum Gasteiger partial charge on any atom is 0.217 e. The summed E-state index contributed by atoms with van der Waals surface area (Å²) in [5.74, 6) is 0.823. The molecule has 0 bridgehead atoms. The van der Waals surface area contributed by atoms with Crippen LogP contribution in [0.3, 0.4) is 0 Å². The van der Waals surface area contributed by atoms with Crippen molar-refractivity contribution in [3.63, 3.8) is 0 Å². The summed E-state index contributed by atoms with van der Waals surface area (Å²) >= 11 is 0. The van der Waals surface area contributed by atoms with Crippen molar-refractivity contribution >= 4 is 5.91 Å². The molecule has 1 N–H and O–H groups in total. The van der Waals surface area contributed by atoms with Crippen LogP contribution in [0.15, 0.2) is 42.7 Å². The summed E-state index contributed by atoms with van der Waals surface area (Å²) in [7, 11) is 0. The van der Waals surface area contributed by atoms with Gasteiger partial charge in [-0.15, -0.1) is 0 Å². The Labute approximate surface area is 100 Å². The number of rotatable bonds is 4. The van der Waals surface area contributed by atoms with Gasteiger partial charge in [0, 0.05) is 25.9 Å². The number of hydrogen-bond donors (Lipinski definition) is 1. The Bertz CT molecular complexity index is 490. The Hall–Kier alpha value is -2.10. The van der Waals surface area contributed by atoms with Gasteiger partial charge >= 0.3 is 0 Å². The first-order chi connectivity index (χ1) is 8.25. The van der Waals surface area contributed by atoms with E-state index in [1.165, 1.54) is 12.5 Å². The molecule has 2 rings (SSSR count). The molecule has 0 radical (unpaired) electrons. The molecule has 0 aliphatic heterocycles. The molecule has 1 aromatic heterocycles. The molecule has 0 aliphatic rings. The molecule has 1 heterocycles. The summed E-state index contributed by atoms with van der Waals surface area (Å²) in [6, 6.07) is 10.2. The zero-order valence-corrected chi connectivity index (χ0v) is 9.76. The standard InChI is InChI=1S/C13H15N3O/c1-11(17)15-9-13-14-7-8-16(13)10-12-5-3-2-4-6-12/h2-8H,9-10H2,1H3,(H,15,17). The zero-order chi connectivity index (χ0) is 12.1. The van der Waals surface area contributed by atoms with Crippen molar-refractivity contribution in [2.45, 2.75) is 20.0 Å². The minimum atomic E-state index is -0.0424. The fourth-order valence-electron chi connectivity index (χ4n) is 1.63. The van der Waals surface area contributed by atoms with Crippen LogP contribution in [0.25, 0.3) is 0 Å². The second-order valence-corrected chi connectivity index (χ2v) is 3.87. The zero-order valence-electron chi connectivity index (χ0n) is 9.76. The van der Waals surface area contributed by atoms with Crippen molar-refractivity contribution in [3.8, 4) is 0 Å². The molecule has 0 spiro atoms. The summed E-state index contributed by atoms with van der Waals surface area (Å²) in [6.45, 7) is 2.75. The highest BCUT2D eigenvalue weighted by Crippen LogP contribution is 2.05. The third-order valence-corrected chi connectivity index (χ3v) is 2.49. The van der Waals surface area contributed by atoms with Gasteiger partial charge in [-0.05, 0) is 5.56 Å². The van der Waals surface area contributed by atoms with Gasteiger partial charge in [0.15, 0.2) is 0 Å². The van der Waals surface area contributed by atoms with E-state index >= 15 is 0 Å². The van der Waals surface area contributed by atoms with E-state index in [2.05, 4.69) is 22.4 Å². The number of nitrogens with zero attached hydrogens (tertiary/aromatic N) is 2. The topological polar surface area (TPSA) is 46.9 Å². The van der Waals surface area contributed by atoms with Crippen LogP contribution < -0.4 is 5.32 Å². The molecule has 2 aromatic rings. The quantitative estimate of drug-likeness (QED) is 0.865. The maximum atomic E-state index is 10.9. The van der Waals surface area contributed by atoms with Crippen LogP contribution in [-0.4, -0.2) is 15.5 Å². The van der Waals surface area contributed by atoms with Gasteiger partial charge in [0.25, 0.3) is 0 Å². The van der Waals surface area contributed by atoms with Crippen molar-refractivity contribution in [1.82, 2.24) is 14.9 Å². The van der Waals surface area contributed by atoms with Crippen LogP contribution in [0.4, 0.5) is 0 Å². The molecule has 17 heavy (non-hydrogen) atoms. The molecule has 4 heteroatoms. The number of amides is 1. The summed E-state index contributed by atoms with van der Waals surface area (Å²) in [5, 5.41) is 2.75. The van der Waals surface area contributed by atoms with E-state index < -0.39 is 0 Å². The molecule has 4 nitrogen and oxygen atoms in total. The van der Waals surface area contributed by atoms with Crippen molar-refractivity contribution < 1.29 is 4.79 Å². The number of aromatic nitrogens is 2. The van der Waals surface area contributed by atoms with Gasteiger partial charge < -0.3 is 9.88 Å². The predicted octanol–water partition coefficient (Wildman–Crippen LogP) is 1.57. The lowest BCUT2D eigenvalue weighted by Gasteiger charge is -2.08. The smallest absolute Gasteiger partial charge is 0.217 e. The fraction of sp³-hybridized carbons (Fsp3) is 0.231. The number of carbonyl (C=O) groups is 1. The summed E-state index contributed by atoms with van der Waals surface area (Å²) in [4.78, 5) is 15.1. The van der Waals surface area contributed by atoms with Gasteiger partial charge in [-0.25, -0.2) is 4.98 Å². The van der Waals surface area contributed by atoms with Crippen molar-refractivity contribution in [3.05, 3.63) is 54.1 Å². The second-order valence-electron chi connectivity index (χ2n) is 3.87. The minimum absolute atomic E-state index is 0.0424. The number of benzene rings is 1. The lowest BCUT2D eigenvalue weighted by atomic mass is 10.2. The summed E-state index contributed by atoms with van der Waals surface area (Å²) in [5.41, 5.74) is 1.22. The lowest BCUT2D eigenvalue weighted by Crippen LogP contribution is -2.21. The Kier molecular flexibility index (Phi) is 3.55. The van der Waals surface area contributed by atoms with Crippen molar-refractivity contribution in [2.75, 3.05) is 0 Å². The number of hydrogen-bond acceptors (Lipinski definition) is 2. The summed E-state index contributed by atoms with van der Waals surface area (Å²) < 4.78 is 2.03. The maximum absolute atomic E-state index is 10.9. The van der Waals surface area contributed by atoms with Crippen LogP contribution in [0.1, 0.15) is 18.3 Å². The normalized spacial score (nSPS) is 10.2. The Morgan fingerprint density at radius 1 is 1.35 bits per heavy atom. The Balaban J connectivity index is 2.06. The first-order valence-corrected chi connectivity index (χ1v) is 5.54. The van der Waals surface area contributed by atoms with E-state index in [-0.39, 0.29) is 5.91 Å². The van der Waals surface area contributed by atoms with E-state index in [1.807, 2.05) is 29.0 Å². The van der Waals surface area contributed by atoms with Crippen LogP contribution in [0.2, 0.25) is 0 Å². The molecular weight excluding hydrogens is 214 g/mol. The first-order valence-electron chi connectivity index (χ1n) is 5.54. The van der Waals surface area contributed by atoms with Gasteiger partial charge in [-0.3, -0.25) is 4.79 Å². The number of imidazole rings is 1. The van der Waals surface area contributed by atoms with Gasteiger partial charge in [-0.2, -0.15) is 0 Å². The van der Waals surface area contributed by atoms with E-state index in [0.717, 1.165) is 12.4 Å².